The number of hydrogen-bond acceptors (Lipinski definition) is 3. The Morgan fingerprint density at radius 1 is 1.30 bits per heavy atom. The van der Waals surface area contributed by atoms with Gasteiger partial charge in [-0.1, -0.05) is 12.1 Å². The second-order valence-electron chi connectivity index (χ2n) is 5.73. The van der Waals surface area contributed by atoms with Crippen LogP contribution in [0.15, 0.2) is 24.3 Å². The lowest BCUT2D eigenvalue weighted by Gasteiger charge is -2.21. The number of hydrogen-bond donors (Lipinski definition) is 2. The van der Waals surface area contributed by atoms with E-state index in [1.54, 1.807) is 0 Å². The van der Waals surface area contributed by atoms with Gasteiger partial charge in [-0.3, -0.25) is 4.79 Å². The average Bonchev–Trinajstić information content (AvgIpc) is 2.92. The normalized spacial score (nSPS) is 19.9. The van der Waals surface area contributed by atoms with E-state index in [0.29, 0.717) is 17.5 Å². The Labute approximate surface area is 120 Å². The van der Waals surface area contributed by atoms with Crippen LogP contribution in [0.2, 0.25) is 0 Å². The van der Waals surface area contributed by atoms with Crippen molar-refractivity contribution in [1.82, 2.24) is 5.32 Å². The fourth-order valence-electron chi connectivity index (χ4n) is 2.47. The molecule has 1 saturated heterocycles. The molecule has 0 spiro atoms. The molecule has 0 bridgehead atoms. The van der Waals surface area contributed by atoms with E-state index in [0.717, 1.165) is 25.3 Å². The third kappa shape index (κ3) is 3.73. The van der Waals surface area contributed by atoms with Crippen LogP contribution in [0.5, 0.6) is 0 Å². The number of carbonyl (C=O) groups is 1. The van der Waals surface area contributed by atoms with Gasteiger partial charge in [0, 0.05) is 30.3 Å². The number of ether oxygens (including phenoxy) is 1. The quantitative estimate of drug-likeness (QED) is 0.869. The zero-order chi connectivity index (χ0) is 14.5. The van der Waals surface area contributed by atoms with Crippen molar-refractivity contribution in [1.29, 1.82) is 0 Å². The summed E-state index contributed by atoms with van der Waals surface area (Å²) in [6, 6.07) is 8.07. The lowest BCUT2D eigenvalue weighted by atomic mass is 10.00. The van der Waals surface area contributed by atoms with Crippen molar-refractivity contribution in [2.75, 3.05) is 18.5 Å². The number of rotatable bonds is 5. The van der Waals surface area contributed by atoms with Crippen molar-refractivity contribution < 1.29 is 9.53 Å². The van der Waals surface area contributed by atoms with Crippen molar-refractivity contribution in [2.24, 2.45) is 5.92 Å². The Bertz CT molecular complexity index is 454. The molecular weight excluding hydrogens is 252 g/mol. The SMILES string of the molecule is CC(C)Nc1ccccc1C(=O)NC(C)C1CCOC1. The van der Waals surface area contributed by atoms with Gasteiger partial charge in [0.15, 0.2) is 0 Å². The highest BCUT2D eigenvalue weighted by Crippen LogP contribution is 2.19. The smallest absolute Gasteiger partial charge is 0.253 e. The molecule has 2 rings (SSSR count). The van der Waals surface area contributed by atoms with E-state index >= 15 is 0 Å². The van der Waals surface area contributed by atoms with Gasteiger partial charge in [-0.2, -0.15) is 0 Å². The number of nitrogens with one attached hydrogen (secondary N) is 2. The van der Waals surface area contributed by atoms with Crippen molar-refractivity contribution in [3.8, 4) is 0 Å². The average molecular weight is 276 g/mol. The lowest BCUT2D eigenvalue weighted by molar-refractivity contribution is 0.0923. The summed E-state index contributed by atoms with van der Waals surface area (Å²) in [6.45, 7) is 7.72. The van der Waals surface area contributed by atoms with Crippen LogP contribution in [0.1, 0.15) is 37.6 Å². The summed E-state index contributed by atoms with van der Waals surface area (Å²) in [5, 5.41) is 6.40. The molecule has 2 atom stereocenters. The van der Waals surface area contributed by atoms with E-state index in [9.17, 15) is 4.79 Å². The zero-order valence-electron chi connectivity index (χ0n) is 12.5. The van der Waals surface area contributed by atoms with Crippen LogP contribution in [0.25, 0.3) is 0 Å². The molecule has 1 fully saturated rings. The molecule has 1 heterocycles. The van der Waals surface area contributed by atoms with Gasteiger partial charge in [0.25, 0.3) is 5.91 Å². The van der Waals surface area contributed by atoms with E-state index in [2.05, 4.69) is 31.4 Å². The molecule has 2 N–H and O–H groups in total. The van der Waals surface area contributed by atoms with Crippen molar-refractivity contribution in [3.63, 3.8) is 0 Å². The minimum absolute atomic E-state index is 0.0202. The molecular formula is C16H24N2O2. The molecule has 0 aliphatic carbocycles. The molecule has 4 heteroatoms. The summed E-state index contributed by atoms with van der Waals surface area (Å²) < 4.78 is 5.38. The maximum Gasteiger partial charge on any atom is 0.253 e. The van der Waals surface area contributed by atoms with Crippen LogP contribution < -0.4 is 10.6 Å². The van der Waals surface area contributed by atoms with Gasteiger partial charge in [0.2, 0.25) is 0 Å². The van der Waals surface area contributed by atoms with E-state index in [1.807, 2.05) is 24.3 Å². The van der Waals surface area contributed by atoms with Gasteiger partial charge in [0.05, 0.1) is 12.2 Å². The summed E-state index contributed by atoms with van der Waals surface area (Å²) >= 11 is 0. The van der Waals surface area contributed by atoms with Crippen molar-refractivity contribution >= 4 is 11.6 Å². The highest BCUT2D eigenvalue weighted by Gasteiger charge is 2.24. The highest BCUT2D eigenvalue weighted by molar-refractivity contribution is 5.99. The fraction of sp³-hybridized carbons (Fsp3) is 0.562. The van der Waals surface area contributed by atoms with E-state index in [-0.39, 0.29) is 11.9 Å². The van der Waals surface area contributed by atoms with E-state index in [4.69, 9.17) is 4.74 Å². The zero-order valence-corrected chi connectivity index (χ0v) is 12.5. The molecule has 110 valence electrons. The summed E-state index contributed by atoms with van der Waals surface area (Å²) in [4.78, 5) is 12.4. The molecule has 0 aromatic heterocycles. The van der Waals surface area contributed by atoms with Crippen LogP contribution in [-0.2, 0) is 4.74 Å². The summed E-state index contributed by atoms with van der Waals surface area (Å²) in [5.74, 6) is 0.400. The van der Waals surface area contributed by atoms with Crippen LogP contribution >= 0.6 is 0 Å². The molecule has 0 saturated carbocycles. The maximum atomic E-state index is 12.4. The minimum Gasteiger partial charge on any atom is -0.382 e. The van der Waals surface area contributed by atoms with Gasteiger partial charge < -0.3 is 15.4 Å². The minimum atomic E-state index is -0.0202. The fourth-order valence-corrected chi connectivity index (χ4v) is 2.47. The first kappa shape index (κ1) is 14.9. The molecule has 1 amide bonds. The van der Waals surface area contributed by atoms with Crippen LogP contribution in [-0.4, -0.2) is 31.2 Å². The monoisotopic (exact) mass is 276 g/mol. The first-order valence-corrected chi connectivity index (χ1v) is 7.32. The molecule has 1 aromatic rings. The maximum absolute atomic E-state index is 12.4. The number of carbonyl (C=O) groups excluding carboxylic acids is 1. The molecule has 0 radical (unpaired) electrons. The Morgan fingerprint density at radius 2 is 2.05 bits per heavy atom. The van der Waals surface area contributed by atoms with Crippen molar-refractivity contribution in [3.05, 3.63) is 29.8 Å². The van der Waals surface area contributed by atoms with Crippen molar-refractivity contribution in [2.45, 2.75) is 39.3 Å². The van der Waals surface area contributed by atoms with Gasteiger partial charge in [0.1, 0.15) is 0 Å². The first-order chi connectivity index (χ1) is 9.58. The Balaban J connectivity index is 2.04. The predicted molar refractivity (Wildman–Crippen MR) is 81.1 cm³/mol. The van der Waals surface area contributed by atoms with Crippen LogP contribution in [0, 0.1) is 5.92 Å². The van der Waals surface area contributed by atoms with Gasteiger partial charge in [-0.25, -0.2) is 0 Å². The lowest BCUT2D eigenvalue weighted by Crippen LogP contribution is -2.38. The van der Waals surface area contributed by atoms with Crippen LogP contribution in [0.3, 0.4) is 0 Å². The number of para-hydroxylation sites is 1. The van der Waals surface area contributed by atoms with E-state index in [1.165, 1.54) is 0 Å². The van der Waals surface area contributed by atoms with Gasteiger partial charge in [-0.15, -0.1) is 0 Å². The molecule has 1 aliphatic rings. The largest absolute Gasteiger partial charge is 0.382 e. The molecule has 1 aromatic carbocycles. The third-order valence-electron chi connectivity index (χ3n) is 3.65. The Kier molecular flexibility index (Phi) is 5.01. The Hall–Kier alpha value is -1.55. The number of benzene rings is 1. The molecule has 1 aliphatic heterocycles. The molecule has 2 unspecified atom stereocenters. The second kappa shape index (κ2) is 6.75. The second-order valence-corrected chi connectivity index (χ2v) is 5.73. The predicted octanol–water partition coefficient (Wildman–Crippen LogP) is 2.66. The summed E-state index contributed by atoms with van der Waals surface area (Å²) in [5.41, 5.74) is 1.59. The molecule has 4 nitrogen and oxygen atoms in total. The first-order valence-electron chi connectivity index (χ1n) is 7.32. The van der Waals surface area contributed by atoms with E-state index < -0.39 is 0 Å². The van der Waals surface area contributed by atoms with Gasteiger partial charge in [-0.05, 0) is 39.3 Å². The summed E-state index contributed by atoms with van der Waals surface area (Å²) in [6.07, 6.45) is 1.02. The molecule has 20 heavy (non-hydrogen) atoms. The van der Waals surface area contributed by atoms with Crippen LogP contribution in [0.4, 0.5) is 5.69 Å². The highest BCUT2D eigenvalue weighted by atomic mass is 16.5. The summed E-state index contributed by atoms with van der Waals surface area (Å²) in [7, 11) is 0. The Morgan fingerprint density at radius 3 is 2.70 bits per heavy atom. The third-order valence-corrected chi connectivity index (χ3v) is 3.65. The number of anilines is 1. The topological polar surface area (TPSA) is 50.4 Å². The number of amides is 1. The van der Waals surface area contributed by atoms with Gasteiger partial charge >= 0.3 is 0 Å². The standard InChI is InChI=1S/C16H24N2O2/c1-11(2)17-15-7-5-4-6-14(15)16(19)18-12(3)13-8-9-20-10-13/h4-7,11-13,17H,8-10H2,1-3H3,(H,18,19).